The quantitative estimate of drug-likeness (QED) is 0.539. The van der Waals surface area contributed by atoms with Gasteiger partial charge in [0, 0.05) is 29.2 Å². The molecule has 0 spiro atoms. The number of halogens is 2. The van der Waals surface area contributed by atoms with Crippen LogP contribution in [0.4, 0.5) is 5.69 Å². The summed E-state index contributed by atoms with van der Waals surface area (Å²) in [5.41, 5.74) is 0.663. The molecular formula is C18H13BrClNO5. The van der Waals surface area contributed by atoms with Gasteiger partial charge in [0.1, 0.15) is 5.75 Å². The van der Waals surface area contributed by atoms with Gasteiger partial charge in [-0.2, -0.15) is 0 Å². The fourth-order valence-corrected chi connectivity index (χ4v) is 3.63. The zero-order valence-corrected chi connectivity index (χ0v) is 15.7. The first-order valence-corrected chi connectivity index (χ1v) is 9.05. The summed E-state index contributed by atoms with van der Waals surface area (Å²) in [6.07, 6.45) is 0.0847. The van der Waals surface area contributed by atoms with E-state index in [4.69, 9.17) is 25.8 Å². The maximum atomic E-state index is 12.4. The molecule has 134 valence electrons. The van der Waals surface area contributed by atoms with Crippen molar-refractivity contribution in [2.75, 3.05) is 18.2 Å². The summed E-state index contributed by atoms with van der Waals surface area (Å²) >= 11 is 9.37. The van der Waals surface area contributed by atoms with Crippen LogP contribution in [0.25, 0.3) is 0 Å². The number of hydrogen-bond acceptors (Lipinski definition) is 5. The number of esters is 1. The molecule has 1 amide bonds. The summed E-state index contributed by atoms with van der Waals surface area (Å²) in [5, 5.41) is 0.324. The van der Waals surface area contributed by atoms with Crippen molar-refractivity contribution in [3.05, 3.63) is 45.9 Å². The third-order valence-corrected chi connectivity index (χ3v) is 5.02. The molecule has 26 heavy (non-hydrogen) atoms. The van der Waals surface area contributed by atoms with Crippen LogP contribution in [0.15, 0.2) is 40.9 Å². The standard InChI is InChI=1S/C18H13BrClNO5/c19-11-1-3-14(13(20)6-11)26-18(23)10-5-17(22)21(8-10)12-2-4-15-16(7-12)25-9-24-15/h1-4,6-7,10H,5,8-9H2. The Morgan fingerprint density at radius 1 is 1.19 bits per heavy atom. The predicted molar refractivity (Wildman–Crippen MR) is 97.8 cm³/mol. The first kappa shape index (κ1) is 17.2. The number of carbonyl (C=O) groups excluding carboxylic acids is 2. The minimum atomic E-state index is -0.562. The van der Waals surface area contributed by atoms with Crippen LogP contribution in [0.1, 0.15) is 6.42 Å². The molecule has 1 fully saturated rings. The molecule has 8 heteroatoms. The summed E-state index contributed by atoms with van der Waals surface area (Å²) in [6.45, 7) is 0.404. The summed E-state index contributed by atoms with van der Waals surface area (Å²) in [6, 6.07) is 10.2. The Kier molecular flexibility index (Phi) is 4.50. The van der Waals surface area contributed by atoms with Crippen molar-refractivity contribution in [2.24, 2.45) is 5.92 Å². The Balaban J connectivity index is 1.48. The van der Waals surface area contributed by atoms with Gasteiger partial charge in [-0.05, 0) is 30.3 Å². The lowest BCUT2D eigenvalue weighted by Gasteiger charge is -2.17. The van der Waals surface area contributed by atoms with Crippen LogP contribution in [0.2, 0.25) is 5.02 Å². The average molecular weight is 439 g/mol. The van der Waals surface area contributed by atoms with Gasteiger partial charge in [0.2, 0.25) is 12.7 Å². The Morgan fingerprint density at radius 2 is 2.00 bits per heavy atom. The SMILES string of the molecule is O=C(Oc1ccc(Br)cc1Cl)C1CC(=O)N(c2ccc3c(c2)OCO3)C1. The topological polar surface area (TPSA) is 65.1 Å². The number of rotatable bonds is 3. The highest BCUT2D eigenvalue weighted by Gasteiger charge is 2.37. The lowest BCUT2D eigenvalue weighted by molar-refractivity contribution is -0.139. The first-order chi connectivity index (χ1) is 12.5. The zero-order valence-electron chi connectivity index (χ0n) is 13.4. The smallest absolute Gasteiger partial charge is 0.316 e. The van der Waals surface area contributed by atoms with E-state index in [-0.39, 0.29) is 31.4 Å². The van der Waals surface area contributed by atoms with E-state index in [0.29, 0.717) is 22.2 Å². The van der Waals surface area contributed by atoms with Crippen LogP contribution in [0, 0.1) is 5.92 Å². The normalized spacial score (nSPS) is 18.3. The molecule has 2 heterocycles. The molecule has 2 aliphatic rings. The van der Waals surface area contributed by atoms with E-state index in [1.54, 1.807) is 41.3 Å². The monoisotopic (exact) mass is 437 g/mol. The van der Waals surface area contributed by atoms with Gasteiger partial charge in [-0.1, -0.05) is 27.5 Å². The number of amides is 1. The molecule has 1 atom stereocenters. The van der Waals surface area contributed by atoms with Crippen molar-refractivity contribution in [2.45, 2.75) is 6.42 Å². The second kappa shape index (κ2) is 6.81. The third-order valence-electron chi connectivity index (χ3n) is 4.23. The fraction of sp³-hybridized carbons (Fsp3) is 0.222. The Morgan fingerprint density at radius 3 is 2.81 bits per heavy atom. The second-order valence-corrected chi connectivity index (χ2v) is 7.26. The lowest BCUT2D eigenvalue weighted by atomic mass is 10.1. The lowest BCUT2D eigenvalue weighted by Crippen LogP contribution is -2.27. The van der Waals surface area contributed by atoms with Gasteiger partial charge in [0.15, 0.2) is 11.5 Å². The van der Waals surface area contributed by atoms with E-state index in [1.807, 2.05) is 0 Å². The molecule has 2 aliphatic heterocycles. The van der Waals surface area contributed by atoms with E-state index in [9.17, 15) is 9.59 Å². The van der Waals surface area contributed by atoms with Crippen LogP contribution in [0.3, 0.4) is 0 Å². The number of ether oxygens (including phenoxy) is 3. The maximum absolute atomic E-state index is 12.4. The Hall–Kier alpha value is -2.25. The van der Waals surface area contributed by atoms with E-state index >= 15 is 0 Å². The second-order valence-electron chi connectivity index (χ2n) is 5.94. The highest BCUT2D eigenvalue weighted by atomic mass is 79.9. The number of benzene rings is 2. The molecule has 0 aliphatic carbocycles. The summed E-state index contributed by atoms with van der Waals surface area (Å²) < 4.78 is 16.8. The molecular weight excluding hydrogens is 426 g/mol. The van der Waals surface area contributed by atoms with E-state index in [0.717, 1.165) is 4.47 Å². The number of hydrogen-bond donors (Lipinski definition) is 0. The maximum Gasteiger partial charge on any atom is 0.316 e. The van der Waals surface area contributed by atoms with Gasteiger partial charge in [0.25, 0.3) is 0 Å². The van der Waals surface area contributed by atoms with Crippen molar-refractivity contribution in [3.8, 4) is 17.2 Å². The minimum Gasteiger partial charge on any atom is -0.454 e. The van der Waals surface area contributed by atoms with Gasteiger partial charge < -0.3 is 19.1 Å². The Bertz CT molecular complexity index is 903. The van der Waals surface area contributed by atoms with Crippen LogP contribution < -0.4 is 19.1 Å². The first-order valence-electron chi connectivity index (χ1n) is 7.88. The van der Waals surface area contributed by atoms with Gasteiger partial charge >= 0.3 is 5.97 Å². The molecule has 4 rings (SSSR count). The van der Waals surface area contributed by atoms with Crippen LogP contribution in [-0.2, 0) is 9.59 Å². The summed E-state index contributed by atoms with van der Waals surface area (Å²) in [4.78, 5) is 26.4. The number of fused-ring (bicyclic) bond motifs is 1. The van der Waals surface area contributed by atoms with Crippen LogP contribution in [-0.4, -0.2) is 25.2 Å². The predicted octanol–water partition coefficient (Wildman–Crippen LogP) is 3.79. The van der Waals surface area contributed by atoms with Crippen LogP contribution >= 0.6 is 27.5 Å². The molecule has 2 aromatic rings. The largest absolute Gasteiger partial charge is 0.454 e. The van der Waals surface area contributed by atoms with Gasteiger partial charge in [-0.25, -0.2) is 0 Å². The molecule has 1 saturated heterocycles. The van der Waals surface area contributed by atoms with Crippen LogP contribution in [0.5, 0.6) is 17.2 Å². The summed E-state index contributed by atoms with van der Waals surface area (Å²) in [5.74, 6) is 0.309. The zero-order chi connectivity index (χ0) is 18.3. The van der Waals surface area contributed by atoms with Crippen molar-refractivity contribution in [1.29, 1.82) is 0 Å². The number of anilines is 1. The molecule has 0 bridgehead atoms. The third kappa shape index (κ3) is 3.24. The molecule has 0 aromatic heterocycles. The van der Waals surface area contributed by atoms with Crippen molar-refractivity contribution >= 4 is 45.1 Å². The number of carbonyl (C=O) groups is 2. The van der Waals surface area contributed by atoms with Crippen molar-refractivity contribution in [3.63, 3.8) is 0 Å². The highest BCUT2D eigenvalue weighted by molar-refractivity contribution is 9.10. The van der Waals surface area contributed by atoms with E-state index in [2.05, 4.69) is 15.9 Å². The molecule has 6 nitrogen and oxygen atoms in total. The van der Waals surface area contributed by atoms with Gasteiger partial charge in [-0.15, -0.1) is 0 Å². The minimum absolute atomic E-state index is 0.0847. The van der Waals surface area contributed by atoms with Gasteiger partial charge in [-0.3, -0.25) is 9.59 Å². The molecule has 1 unspecified atom stereocenters. The molecule has 0 saturated carbocycles. The average Bonchev–Trinajstić information content (AvgIpc) is 3.23. The summed E-state index contributed by atoms with van der Waals surface area (Å²) in [7, 11) is 0. The molecule has 0 N–H and O–H groups in total. The van der Waals surface area contributed by atoms with Crippen molar-refractivity contribution < 1.29 is 23.8 Å². The van der Waals surface area contributed by atoms with Gasteiger partial charge in [0.05, 0.1) is 10.9 Å². The highest BCUT2D eigenvalue weighted by Crippen LogP contribution is 2.37. The number of nitrogens with zero attached hydrogens (tertiary/aromatic N) is 1. The molecule has 0 radical (unpaired) electrons. The van der Waals surface area contributed by atoms with E-state index in [1.165, 1.54) is 0 Å². The van der Waals surface area contributed by atoms with E-state index < -0.39 is 11.9 Å². The molecule has 2 aromatic carbocycles. The van der Waals surface area contributed by atoms with Crippen molar-refractivity contribution in [1.82, 2.24) is 0 Å². The Labute approximate surface area is 162 Å². The fourth-order valence-electron chi connectivity index (χ4n) is 2.92.